The van der Waals surface area contributed by atoms with Crippen LogP contribution in [-0.2, 0) is 14.5 Å². The van der Waals surface area contributed by atoms with Crippen molar-refractivity contribution in [1.29, 1.82) is 0 Å². The molecule has 1 aliphatic heterocycles. The Kier molecular flexibility index (Phi) is 4.06. The molecule has 8 aliphatic carbocycles. The molecule has 4 heteroatoms. The molecule has 1 saturated heterocycles. The highest BCUT2D eigenvalue weighted by atomic mass is 17.3. The topological polar surface area (TPSA) is 47.9 Å². The first kappa shape index (κ1) is 20.7. The molecule has 9 aliphatic rings. The van der Waals surface area contributed by atoms with Gasteiger partial charge in [0.1, 0.15) is 0 Å². The number of hydrogen-bond acceptors (Lipinski definition) is 4. The number of allylic oxidation sites excluding steroid dienone is 1. The second-order valence-electron chi connectivity index (χ2n) is 14.2. The summed E-state index contributed by atoms with van der Waals surface area (Å²) < 4.78 is 7.28. The van der Waals surface area contributed by atoms with Gasteiger partial charge in [-0.15, -0.1) is 0 Å². The predicted molar refractivity (Wildman–Crippen MR) is 123 cm³/mol. The van der Waals surface area contributed by atoms with E-state index in [0.29, 0.717) is 17.8 Å². The molecule has 0 aromatic rings. The van der Waals surface area contributed by atoms with Crippen LogP contribution in [0.3, 0.4) is 0 Å². The normalized spacial score (nSPS) is 62.9. The van der Waals surface area contributed by atoms with E-state index in [0.717, 1.165) is 49.4 Å². The Morgan fingerprint density at radius 3 is 2.33 bits per heavy atom. The fraction of sp³-hybridized carbons (Fsp3) is 0.931. The van der Waals surface area contributed by atoms with Gasteiger partial charge < -0.3 is 9.84 Å². The molecule has 1 unspecified atom stereocenters. The van der Waals surface area contributed by atoms with Gasteiger partial charge in [0.05, 0.1) is 6.10 Å². The Labute approximate surface area is 198 Å². The molecule has 1 heterocycles. The van der Waals surface area contributed by atoms with Gasteiger partial charge in [-0.05, 0) is 112 Å². The molecule has 0 aromatic heterocycles. The highest BCUT2D eigenvalue weighted by molar-refractivity contribution is 5.26. The van der Waals surface area contributed by atoms with E-state index in [2.05, 4.69) is 19.9 Å². The molecule has 0 aromatic carbocycles. The fourth-order valence-electron chi connectivity index (χ4n) is 11.5. The maximum absolute atomic E-state index is 10.3. The number of fused-ring (bicyclic) bond motifs is 6. The van der Waals surface area contributed by atoms with Crippen LogP contribution in [-0.4, -0.2) is 22.8 Å². The van der Waals surface area contributed by atoms with Crippen molar-refractivity contribution < 1.29 is 19.6 Å². The summed E-state index contributed by atoms with van der Waals surface area (Å²) in [6, 6.07) is 0. The van der Waals surface area contributed by atoms with Gasteiger partial charge in [0.15, 0.2) is 0 Å². The van der Waals surface area contributed by atoms with E-state index in [1.54, 1.807) is 5.57 Å². The van der Waals surface area contributed by atoms with Crippen LogP contribution in [0.4, 0.5) is 0 Å². The second-order valence-corrected chi connectivity index (χ2v) is 14.2. The summed E-state index contributed by atoms with van der Waals surface area (Å²) in [5.41, 5.74) is 1.89. The monoisotopic (exact) mass is 454 g/mol. The van der Waals surface area contributed by atoms with Gasteiger partial charge in [0.2, 0.25) is 11.6 Å². The minimum atomic E-state index is -0.536. The van der Waals surface area contributed by atoms with Crippen LogP contribution in [0.25, 0.3) is 0 Å². The molecule has 33 heavy (non-hydrogen) atoms. The number of hydrogen-bond donors (Lipinski definition) is 1. The summed E-state index contributed by atoms with van der Waals surface area (Å²) in [5.74, 6) is 4.02. The van der Waals surface area contributed by atoms with E-state index in [4.69, 9.17) is 14.5 Å². The van der Waals surface area contributed by atoms with Gasteiger partial charge in [0.25, 0.3) is 0 Å². The van der Waals surface area contributed by atoms with E-state index in [1.807, 2.05) is 0 Å². The highest BCUT2D eigenvalue weighted by Gasteiger charge is 2.74. The number of rotatable bonds is 0. The van der Waals surface area contributed by atoms with Crippen LogP contribution in [0.2, 0.25) is 0 Å². The van der Waals surface area contributed by atoms with Crippen molar-refractivity contribution in [3.63, 3.8) is 0 Å². The second kappa shape index (κ2) is 6.47. The summed E-state index contributed by atoms with van der Waals surface area (Å²) in [7, 11) is 0. The lowest BCUT2D eigenvalue weighted by Crippen LogP contribution is -2.61. The summed E-state index contributed by atoms with van der Waals surface area (Å²) >= 11 is 0. The Hall–Kier alpha value is -0.420. The molecule has 2 spiro atoms. The summed E-state index contributed by atoms with van der Waals surface area (Å²) in [6.45, 7) is 5.01. The Morgan fingerprint density at radius 2 is 1.58 bits per heavy atom. The maximum Gasteiger partial charge on any atom is 0.210 e. The Balaban J connectivity index is 1.11. The molecule has 0 amide bonds. The fourth-order valence-corrected chi connectivity index (χ4v) is 11.5. The lowest BCUT2D eigenvalue weighted by molar-refractivity contribution is -0.395. The summed E-state index contributed by atoms with van der Waals surface area (Å²) in [4.78, 5) is 13.0. The van der Waals surface area contributed by atoms with Crippen LogP contribution in [0.15, 0.2) is 11.6 Å². The van der Waals surface area contributed by atoms with E-state index in [9.17, 15) is 5.11 Å². The molecule has 7 saturated carbocycles. The van der Waals surface area contributed by atoms with Crippen LogP contribution in [0, 0.1) is 52.3 Å². The zero-order valence-corrected chi connectivity index (χ0v) is 20.6. The molecule has 1 N–H and O–H groups in total. The first-order valence-electron chi connectivity index (χ1n) is 14.3. The first-order valence-corrected chi connectivity index (χ1v) is 14.3. The van der Waals surface area contributed by atoms with Crippen molar-refractivity contribution >= 4 is 0 Å². The summed E-state index contributed by atoms with van der Waals surface area (Å²) in [6.07, 6.45) is 17.9. The quantitative estimate of drug-likeness (QED) is 0.353. The van der Waals surface area contributed by atoms with Crippen molar-refractivity contribution in [2.45, 2.75) is 115 Å². The first-order chi connectivity index (χ1) is 15.9. The molecule has 182 valence electrons. The molecule has 4 bridgehead atoms. The van der Waals surface area contributed by atoms with Crippen molar-refractivity contribution in [2.24, 2.45) is 52.3 Å². The van der Waals surface area contributed by atoms with E-state index in [-0.39, 0.29) is 16.9 Å². The van der Waals surface area contributed by atoms with Crippen LogP contribution < -0.4 is 0 Å². The minimum absolute atomic E-state index is 0.0439. The number of ether oxygens (including phenoxy) is 1. The average molecular weight is 455 g/mol. The van der Waals surface area contributed by atoms with Gasteiger partial charge >= 0.3 is 0 Å². The van der Waals surface area contributed by atoms with Gasteiger partial charge in [-0.3, -0.25) is 0 Å². The lowest BCUT2D eigenvalue weighted by Gasteiger charge is -2.59. The lowest BCUT2D eigenvalue weighted by atomic mass is 9.47. The molecule has 0 radical (unpaired) electrons. The van der Waals surface area contributed by atoms with E-state index < -0.39 is 11.6 Å². The molecular formula is C29H42O4. The minimum Gasteiger partial charge on any atom is -0.393 e. The van der Waals surface area contributed by atoms with Gasteiger partial charge in [-0.1, -0.05) is 25.5 Å². The van der Waals surface area contributed by atoms with E-state index in [1.165, 1.54) is 57.8 Å². The van der Waals surface area contributed by atoms with Crippen molar-refractivity contribution in [2.75, 3.05) is 0 Å². The third-order valence-electron chi connectivity index (χ3n) is 13.0. The van der Waals surface area contributed by atoms with Crippen molar-refractivity contribution in [1.82, 2.24) is 0 Å². The van der Waals surface area contributed by atoms with Crippen LogP contribution in [0.1, 0.15) is 97.3 Å². The number of aliphatic hydroxyl groups excluding tert-OH is 1. The zero-order chi connectivity index (χ0) is 22.2. The zero-order valence-electron chi connectivity index (χ0n) is 20.6. The van der Waals surface area contributed by atoms with Gasteiger partial charge in [-0.2, -0.15) is 9.78 Å². The molecule has 9 rings (SSSR count). The molecule has 4 nitrogen and oxygen atoms in total. The van der Waals surface area contributed by atoms with Gasteiger partial charge in [-0.25, -0.2) is 0 Å². The summed E-state index contributed by atoms with van der Waals surface area (Å²) in [5, 5.41) is 10.3. The largest absolute Gasteiger partial charge is 0.393 e. The Bertz CT molecular complexity index is 868. The average Bonchev–Trinajstić information content (AvgIpc) is 3.32. The standard InChI is InChI=1S/C29H42O4/c1-26-8-5-22(30)16-19(26)3-4-23-24(26)6-9-27(2)25(23)7-10-28(27)31-29(33-32-28)20-12-17-11-18(14-20)15-21(29)13-17/h3,17-18,20-25,30H,4-16H2,1-2H3/t17?,18?,20?,21?,22-,23+,24-,25-,26-,27-,28?,29?/m0/s1. The smallest absolute Gasteiger partial charge is 0.210 e. The van der Waals surface area contributed by atoms with Crippen LogP contribution in [0.5, 0.6) is 0 Å². The third-order valence-corrected chi connectivity index (χ3v) is 13.0. The predicted octanol–water partition coefficient (Wildman–Crippen LogP) is 6.14. The van der Waals surface area contributed by atoms with Crippen molar-refractivity contribution in [3.8, 4) is 0 Å². The van der Waals surface area contributed by atoms with E-state index >= 15 is 0 Å². The third kappa shape index (κ3) is 2.43. The maximum atomic E-state index is 10.3. The molecular weight excluding hydrogens is 412 g/mol. The SMILES string of the molecule is C[C@]12CC[C@H](O)CC1=CC[C@@H]1[C@@H]2CC[C@@]2(C)[C@H]1CCC21OOC2(O1)C1CC3CC(C1)CC2C3. The van der Waals surface area contributed by atoms with Crippen molar-refractivity contribution in [3.05, 3.63) is 11.6 Å². The molecule has 7 atom stereocenters. The van der Waals surface area contributed by atoms with Gasteiger partial charge in [0, 0.05) is 23.7 Å². The highest BCUT2D eigenvalue weighted by Crippen LogP contribution is 2.72. The molecule has 8 fully saturated rings. The number of aliphatic hydroxyl groups is 1. The van der Waals surface area contributed by atoms with Crippen LogP contribution >= 0.6 is 0 Å². The Morgan fingerprint density at radius 1 is 0.848 bits per heavy atom.